The van der Waals surface area contributed by atoms with E-state index in [1.165, 1.54) is 12.8 Å². The summed E-state index contributed by atoms with van der Waals surface area (Å²) in [7, 11) is 0. The predicted molar refractivity (Wildman–Crippen MR) is 73.7 cm³/mol. The van der Waals surface area contributed by atoms with Gasteiger partial charge in [-0.3, -0.25) is 0 Å². The maximum absolute atomic E-state index is 4.48. The van der Waals surface area contributed by atoms with Crippen LogP contribution in [0.4, 0.5) is 5.82 Å². The highest BCUT2D eigenvalue weighted by Crippen LogP contribution is 2.29. The van der Waals surface area contributed by atoms with Crippen molar-refractivity contribution in [3.63, 3.8) is 0 Å². The standard InChI is InChI=1S/C13H14BrN3/c14-8-10-4-3-7-17(10)13-11-5-1-2-6-12(11)15-9-16-13/h1-2,5-6,9-10H,3-4,7-8H2. The molecule has 88 valence electrons. The van der Waals surface area contributed by atoms with Gasteiger partial charge in [0.1, 0.15) is 12.1 Å². The summed E-state index contributed by atoms with van der Waals surface area (Å²) in [6.07, 6.45) is 4.15. The Hall–Kier alpha value is -1.16. The van der Waals surface area contributed by atoms with Gasteiger partial charge < -0.3 is 4.90 Å². The SMILES string of the molecule is BrCC1CCCN1c1ncnc2ccccc12. The van der Waals surface area contributed by atoms with Crippen LogP contribution in [0.2, 0.25) is 0 Å². The van der Waals surface area contributed by atoms with Crippen molar-refractivity contribution in [2.45, 2.75) is 18.9 Å². The zero-order chi connectivity index (χ0) is 11.7. The van der Waals surface area contributed by atoms with Gasteiger partial charge in [0, 0.05) is 23.3 Å². The van der Waals surface area contributed by atoms with Gasteiger partial charge in [-0.25, -0.2) is 9.97 Å². The van der Waals surface area contributed by atoms with E-state index < -0.39 is 0 Å². The fourth-order valence-electron chi connectivity index (χ4n) is 2.49. The van der Waals surface area contributed by atoms with Crippen LogP contribution < -0.4 is 4.90 Å². The Morgan fingerprint density at radius 2 is 2.18 bits per heavy atom. The van der Waals surface area contributed by atoms with Crippen LogP contribution in [0.5, 0.6) is 0 Å². The van der Waals surface area contributed by atoms with E-state index in [4.69, 9.17) is 0 Å². The monoisotopic (exact) mass is 291 g/mol. The molecular weight excluding hydrogens is 278 g/mol. The van der Waals surface area contributed by atoms with Crippen LogP contribution in [0.1, 0.15) is 12.8 Å². The van der Waals surface area contributed by atoms with Gasteiger partial charge in [0.2, 0.25) is 0 Å². The fraction of sp³-hybridized carbons (Fsp3) is 0.385. The molecule has 17 heavy (non-hydrogen) atoms. The van der Waals surface area contributed by atoms with Crippen LogP contribution in [-0.2, 0) is 0 Å². The summed E-state index contributed by atoms with van der Waals surface area (Å²) in [6, 6.07) is 8.78. The summed E-state index contributed by atoms with van der Waals surface area (Å²) in [5, 5.41) is 2.16. The van der Waals surface area contributed by atoms with Crippen LogP contribution >= 0.6 is 15.9 Å². The largest absolute Gasteiger partial charge is 0.352 e. The Bertz CT molecular complexity index is 524. The first-order chi connectivity index (χ1) is 8.40. The molecule has 0 bridgehead atoms. The molecule has 2 heterocycles. The van der Waals surface area contributed by atoms with E-state index in [0.717, 1.165) is 28.6 Å². The van der Waals surface area contributed by atoms with E-state index in [2.05, 4.69) is 42.9 Å². The average Bonchev–Trinajstić information content (AvgIpc) is 2.86. The number of fused-ring (bicyclic) bond motifs is 1. The molecule has 0 spiro atoms. The zero-order valence-corrected chi connectivity index (χ0v) is 11.1. The van der Waals surface area contributed by atoms with Crippen molar-refractivity contribution >= 4 is 32.7 Å². The third-order valence-electron chi connectivity index (χ3n) is 3.35. The number of anilines is 1. The number of aromatic nitrogens is 2. The molecule has 1 aliphatic rings. The van der Waals surface area contributed by atoms with Gasteiger partial charge in [-0.1, -0.05) is 28.1 Å². The topological polar surface area (TPSA) is 29.0 Å². The van der Waals surface area contributed by atoms with Crippen molar-refractivity contribution in [3.8, 4) is 0 Å². The van der Waals surface area contributed by atoms with Crippen molar-refractivity contribution in [2.24, 2.45) is 0 Å². The first kappa shape index (κ1) is 11.0. The molecule has 1 atom stereocenters. The quantitative estimate of drug-likeness (QED) is 0.797. The molecule has 1 aromatic carbocycles. The zero-order valence-electron chi connectivity index (χ0n) is 9.51. The van der Waals surface area contributed by atoms with E-state index in [1.54, 1.807) is 6.33 Å². The highest BCUT2D eigenvalue weighted by molar-refractivity contribution is 9.09. The Morgan fingerprint density at radius 1 is 1.29 bits per heavy atom. The Kier molecular flexibility index (Phi) is 2.97. The molecule has 0 amide bonds. The number of rotatable bonds is 2. The number of nitrogens with zero attached hydrogens (tertiary/aromatic N) is 3. The van der Waals surface area contributed by atoms with Crippen molar-refractivity contribution in [1.29, 1.82) is 0 Å². The van der Waals surface area contributed by atoms with E-state index in [9.17, 15) is 0 Å². The number of alkyl halides is 1. The van der Waals surface area contributed by atoms with Gasteiger partial charge >= 0.3 is 0 Å². The minimum atomic E-state index is 0.563. The highest BCUT2D eigenvalue weighted by Gasteiger charge is 2.25. The molecule has 3 nitrogen and oxygen atoms in total. The maximum Gasteiger partial charge on any atom is 0.140 e. The normalized spacial score (nSPS) is 20.1. The van der Waals surface area contributed by atoms with Gasteiger partial charge in [-0.05, 0) is 25.0 Å². The molecular formula is C13H14BrN3. The van der Waals surface area contributed by atoms with E-state index >= 15 is 0 Å². The molecule has 3 rings (SSSR count). The molecule has 0 aliphatic carbocycles. The van der Waals surface area contributed by atoms with Gasteiger partial charge in [-0.2, -0.15) is 0 Å². The number of hydrogen-bond acceptors (Lipinski definition) is 3. The molecule has 1 aliphatic heterocycles. The maximum atomic E-state index is 4.48. The fourth-order valence-corrected chi connectivity index (χ4v) is 3.17. The number of benzene rings is 1. The summed E-state index contributed by atoms with van der Waals surface area (Å²) in [5.41, 5.74) is 1.03. The van der Waals surface area contributed by atoms with Gasteiger partial charge in [0.25, 0.3) is 0 Å². The van der Waals surface area contributed by atoms with E-state index in [1.807, 2.05) is 12.1 Å². The van der Waals surface area contributed by atoms with Gasteiger partial charge in [-0.15, -0.1) is 0 Å². The smallest absolute Gasteiger partial charge is 0.140 e. The lowest BCUT2D eigenvalue weighted by atomic mass is 10.2. The molecule has 2 aromatic rings. The summed E-state index contributed by atoms with van der Waals surface area (Å²) < 4.78 is 0. The molecule has 0 radical (unpaired) electrons. The first-order valence-electron chi connectivity index (χ1n) is 5.92. The van der Waals surface area contributed by atoms with Crippen LogP contribution in [0, 0.1) is 0 Å². The second-order valence-corrected chi connectivity index (χ2v) is 5.01. The van der Waals surface area contributed by atoms with Crippen LogP contribution in [0.25, 0.3) is 10.9 Å². The van der Waals surface area contributed by atoms with Gasteiger partial charge in [0.15, 0.2) is 0 Å². The molecule has 0 N–H and O–H groups in total. The lowest BCUT2D eigenvalue weighted by Gasteiger charge is -2.25. The Labute approximate surface area is 109 Å². The van der Waals surface area contributed by atoms with Crippen molar-refractivity contribution < 1.29 is 0 Å². The van der Waals surface area contributed by atoms with E-state index in [0.29, 0.717) is 6.04 Å². The third kappa shape index (κ3) is 1.90. The lowest BCUT2D eigenvalue weighted by molar-refractivity contribution is 0.743. The van der Waals surface area contributed by atoms with Crippen molar-refractivity contribution in [3.05, 3.63) is 30.6 Å². The molecule has 1 unspecified atom stereocenters. The number of hydrogen-bond donors (Lipinski definition) is 0. The highest BCUT2D eigenvalue weighted by atomic mass is 79.9. The second-order valence-electron chi connectivity index (χ2n) is 4.36. The predicted octanol–water partition coefficient (Wildman–Crippen LogP) is 2.99. The average molecular weight is 292 g/mol. The molecule has 4 heteroatoms. The Morgan fingerprint density at radius 3 is 3.06 bits per heavy atom. The number of halogens is 1. The first-order valence-corrected chi connectivity index (χ1v) is 7.04. The minimum absolute atomic E-state index is 0.563. The minimum Gasteiger partial charge on any atom is -0.352 e. The molecule has 1 saturated heterocycles. The van der Waals surface area contributed by atoms with Crippen LogP contribution in [-0.4, -0.2) is 27.9 Å². The molecule has 1 aromatic heterocycles. The summed E-state index contributed by atoms with van der Waals surface area (Å²) in [4.78, 5) is 11.2. The second kappa shape index (κ2) is 4.61. The van der Waals surface area contributed by atoms with Gasteiger partial charge in [0.05, 0.1) is 5.52 Å². The van der Waals surface area contributed by atoms with Crippen molar-refractivity contribution in [2.75, 3.05) is 16.8 Å². The lowest BCUT2D eigenvalue weighted by Crippen LogP contribution is -2.31. The molecule has 1 fully saturated rings. The summed E-state index contributed by atoms with van der Waals surface area (Å²) in [5.74, 6) is 1.08. The summed E-state index contributed by atoms with van der Waals surface area (Å²) >= 11 is 3.59. The Balaban J connectivity index is 2.10. The van der Waals surface area contributed by atoms with Crippen LogP contribution in [0.15, 0.2) is 30.6 Å². The number of para-hydroxylation sites is 1. The third-order valence-corrected chi connectivity index (χ3v) is 4.10. The van der Waals surface area contributed by atoms with Crippen LogP contribution in [0.3, 0.4) is 0 Å². The van der Waals surface area contributed by atoms with E-state index in [-0.39, 0.29) is 0 Å². The van der Waals surface area contributed by atoms with Crippen molar-refractivity contribution in [1.82, 2.24) is 9.97 Å². The molecule has 0 saturated carbocycles. The summed E-state index contributed by atoms with van der Waals surface area (Å²) in [6.45, 7) is 1.09.